The number of halogens is 4. The van der Waals surface area contributed by atoms with Crippen molar-refractivity contribution in [1.29, 1.82) is 0 Å². The van der Waals surface area contributed by atoms with Gasteiger partial charge in [-0.2, -0.15) is 13.2 Å². The average Bonchev–Trinajstić information content (AvgIpc) is 2.63. The zero-order valence-electron chi connectivity index (χ0n) is 9.43. The highest BCUT2D eigenvalue weighted by atomic mass is 35.5. The fourth-order valence-electron chi connectivity index (χ4n) is 1.46. The van der Waals surface area contributed by atoms with E-state index in [1.807, 2.05) is 6.92 Å². The van der Waals surface area contributed by atoms with Gasteiger partial charge in [0, 0.05) is 5.38 Å². The predicted molar refractivity (Wildman–Crippen MR) is 63.3 cm³/mol. The molecule has 1 aromatic heterocycles. The van der Waals surface area contributed by atoms with Crippen LogP contribution in [0, 0.1) is 0 Å². The maximum atomic E-state index is 12.3. The lowest BCUT2D eigenvalue weighted by atomic mass is 10.4. The molecule has 0 aromatic carbocycles. The van der Waals surface area contributed by atoms with Crippen molar-refractivity contribution in [3.63, 3.8) is 0 Å². The Kier molecular flexibility index (Phi) is 5.69. The van der Waals surface area contributed by atoms with E-state index < -0.39 is 12.7 Å². The molecule has 0 aliphatic rings. The number of hydrogen-bond donors (Lipinski definition) is 0. The summed E-state index contributed by atoms with van der Waals surface area (Å²) in [7, 11) is 0. The molecule has 1 aromatic rings. The second-order valence-electron chi connectivity index (χ2n) is 3.69. The van der Waals surface area contributed by atoms with E-state index in [-0.39, 0.29) is 6.54 Å². The summed E-state index contributed by atoms with van der Waals surface area (Å²) < 4.78 is 37.0. The summed E-state index contributed by atoms with van der Waals surface area (Å²) in [6.07, 6.45) is -3.48. The van der Waals surface area contributed by atoms with Crippen LogP contribution < -0.4 is 0 Å². The first-order chi connectivity index (χ1) is 7.94. The fourth-order valence-corrected chi connectivity index (χ4v) is 2.52. The largest absolute Gasteiger partial charge is 0.401 e. The molecule has 0 bridgehead atoms. The minimum Gasteiger partial charge on any atom is -0.288 e. The van der Waals surface area contributed by atoms with Gasteiger partial charge in [-0.1, -0.05) is 6.92 Å². The van der Waals surface area contributed by atoms with Crippen LogP contribution in [0.15, 0.2) is 5.38 Å². The highest BCUT2D eigenvalue weighted by Crippen LogP contribution is 2.20. The first kappa shape index (κ1) is 14.7. The van der Waals surface area contributed by atoms with E-state index in [1.54, 1.807) is 5.38 Å². The highest BCUT2D eigenvalue weighted by molar-refractivity contribution is 7.09. The summed E-state index contributed by atoms with van der Waals surface area (Å²) in [6.45, 7) is 1.61. The summed E-state index contributed by atoms with van der Waals surface area (Å²) in [5.74, 6) is 0.295. The molecule has 0 unspecified atom stereocenters. The normalized spacial score (nSPS) is 12.4. The third kappa shape index (κ3) is 5.70. The summed E-state index contributed by atoms with van der Waals surface area (Å²) in [6, 6.07) is 0. The van der Waals surface area contributed by atoms with E-state index in [1.165, 1.54) is 16.2 Å². The topological polar surface area (TPSA) is 16.1 Å². The van der Waals surface area contributed by atoms with Gasteiger partial charge in [-0.25, -0.2) is 4.98 Å². The second-order valence-corrected chi connectivity index (χ2v) is 4.90. The molecule has 0 radical (unpaired) electrons. The lowest BCUT2D eigenvalue weighted by Crippen LogP contribution is -2.34. The van der Waals surface area contributed by atoms with Crippen molar-refractivity contribution in [3.05, 3.63) is 16.1 Å². The van der Waals surface area contributed by atoms with Crippen molar-refractivity contribution in [2.24, 2.45) is 0 Å². The number of nitrogens with zero attached hydrogens (tertiary/aromatic N) is 2. The first-order valence-corrected chi connectivity index (χ1v) is 6.64. The Morgan fingerprint density at radius 2 is 2.18 bits per heavy atom. The molecule has 98 valence electrons. The zero-order valence-corrected chi connectivity index (χ0v) is 11.0. The Morgan fingerprint density at radius 1 is 1.47 bits per heavy atom. The van der Waals surface area contributed by atoms with Crippen molar-refractivity contribution < 1.29 is 13.2 Å². The van der Waals surface area contributed by atoms with Crippen LogP contribution in [0.4, 0.5) is 13.2 Å². The Labute approximate surface area is 107 Å². The van der Waals surface area contributed by atoms with Gasteiger partial charge in [-0.05, 0) is 13.0 Å². The molecule has 0 amide bonds. The van der Waals surface area contributed by atoms with Gasteiger partial charge in [0.05, 0.1) is 24.7 Å². The van der Waals surface area contributed by atoms with E-state index in [0.717, 1.165) is 5.69 Å². The monoisotopic (exact) mass is 286 g/mol. The molecule has 0 N–H and O–H groups in total. The molecule has 1 rings (SSSR count). The van der Waals surface area contributed by atoms with Gasteiger partial charge in [-0.15, -0.1) is 22.9 Å². The lowest BCUT2D eigenvalue weighted by Gasteiger charge is -2.21. The standard InChI is InChI=1S/C10H14ClF3N2S/c1-2-3-16(7-10(12,13)14)5-9-15-8(4-11)6-17-9/h6H,2-5,7H2,1H3. The van der Waals surface area contributed by atoms with Crippen LogP contribution in [0.2, 0.25) is 0 Å². The SMILES string of the molecule is CCCN(Cc1nc(CCl)cs1)CC(F)(F)F. The molecule has 0 aliphatic heterocycles. The van der Waals surface area contributed by atoms with Crippen LogP contribution in [0.25, 0.3) is 0 Å². The van der Waals surface area contributed by atoms with E-state index in [2.05, 4.69) is 4.98 Å². The molecule has 0 atom stereocenters. The number of hydrogen-bond acceptors (Lipinski definition) is 3. The summed E-state index contributed by atoms with van der Waals surface area (Å²) in [5.41, 5.74) is 0.718. The van der Waals surface area contributed by atoms with Crippen molar-refractivity contribution in [2.45, 2.75) is 31.9 Å². The molecular weight excluding hydrogens is 273 g/mol. The summed E-state index contributed by atoms with van der Waals surface area (Å²) >= 11 is 6.94. The van der Waals surface area contributed by atoms with E-state index in [4.69, 9.17) is 11.6 Å². The van der Waals surface area contributed by atoms with E-state index >= 15 is 0 Å². The van der Waals surface area contributed by atoms with Crippen molar-refractivity contribution in [1.82, 2.24) is 9.88 Å². The van der Waals surface area contributed by atoms with Gasteiger partial charge in [0.2, 0.25) is 0 Å². The van der Waals surface area contributed by atoms with Crippen molar-refractivity contribution in [3.8, 4) is 0 Å². The van der Waals surface area contributed by atoms with Gasteiger partial charge < -0.3 is 0 Å². The maximum absolute atomic E-state index is 12.3. The molecule has 0 saturated heterocycles. The molecule has 1 heterocycles. The smallest absolute Gasteiger partial charge is 0.288 e. The van der Waals surface area contributed by atoms with Gasteiger partial charge in [0.15, 0.2) is 0 Å². The van der Waals surface area contributed by atoms with Crippen LogP contribution >= 0.6 is 22.9 Å². The van der Waals surface area contributed by atoms with Gasteiger partial charge in [0.25, 0.3) is 0 Å². The van der Waals surface area contributed by atoms with Gasteiger partial charge in [0.1, 0.15) is 5.01 Å². The number of rotatable bonds is 6. The number of aromatic nitrogens is 1. The van der Waals surface area contributed by atoms with Crippen LogP contribution in [0.5, 0.6) is 0 Å². The van der Waals surface area contributed by atoms with Crippen LogP contribution in [0.3, 0.4) is 0 Å². The quantitative estimate of drug-likeness (QED) is 0.742. The lowest BCUT2D eigenvalue weighted by molar-refractivity contribution is -0.147. The summed E-state index contributed by atoms with van der Waals surface area (Å²) in [5, 5.41) is 2.46. The third-order valence-corrected chi connectivity index (χ3v) is 3.19. The van der Waals surface area contributed by atoms with Crippen molar-refractivity contribution in [2.75, 3.05) is 13.1 Å². The van der Waals surface area contributed by atoms with Crippen LogP contribution in [-0.4, -0.2) is 29.1 Å². The van der Waals surface area contributed by atoms with E-state index in [9.17, 15) is 13.2 Å². The fraction of sp³-hybridized carbons (Fsp3) is 0.700. The Hall–Kier alpha value is -0.330. The number of thiazole rings is 1. The Morgan fingerprint density at radius 3 is 2.65 bits per heavy atom. The highest BCUT2D eigenvalue weighted by Gasteiger charge is 2.30. The number of alkyl halides is 4. The second kappa shape index (κ2) is 6.56. The Balaban J connectivity index is 2.59. The van der Waals surface area contributed by atoms with Crippen LogP contribution in [0.1, 0.15) is 24.0 Å². The molecule has 7 heteroatoms. The maximum Gasteiger partial charge on any atom is 0.401 e. The van der Waals surface area contributed by atoms with Gasteiger partial charge >= 0.3 is 6.18 Å². The van der Waals surface area contributed by atoms with Crippen molar-refractivity contribution >= 4 is 22.9 Å². The third-order valence-electron chi connectivity index (χ3n) is 2.04. The molecule has 17 heavy (non-hydrogen) atoms. The minimum atomic E-state index is -4.16. The molecule has 0 aliphatic carbocycles. The zero-order chi connectivity index (χ0) is 12.9. The first-order valence-electron chi connectivity index (χ1n) is 5.23. The van der Waals surface area contributed by atoms with E-state index in [0.29, 0.717) is 23.9 Å². The average molecular weight is 287 g/mol. The van der Waals surface area contributed by atoms with Crippen LogP contribution in [-0.2, 0) is 12.4 Å². The Bertz CT molecular complexity index is 341. The minimum absolute atomic E-state index is 0.231. The molecule has 0 spiro atoms. The predicted octanol–water partition coefficient (Wildman–Crippen LogP) is 3.66. The summed E-state index contributed by atoms with van der Waals surface area (Å²) in [4.78, 5) is 5.52. The molecule has 0 saturated carbocycles. The van der Waals surface area contributed by atoms with Gasteiger partial charge in [-0.3, -0.25) is 4.90 Å². The molecule has 0 fully saturated rings. The molecule has 2 nitrogen and oxygen atoms in total. The molecular formula is C10H14ClF3N2S.